The van der Waals surface area contributed by atoms with Crippen molar-refractivity contribution in [1.82, 2.24) is 5.43 Å². The number of anilines is 1. The van der Waals surface area contributed by atoms with E-state index in [1.54, 1.807) is 26.4 Å². The summed E-state index contributed by atoms with van der Waals surface area (Å²) in [6.45, 7) is 1.93. The lowest BCUT2D eigenvalue weighted by Crippen LogP contribution is -2.36. The van der Waals surface area contributed by atoms with Gasteiger partial charge in [0.2, 0.25) is 5.75 Å². The first-order valence-corrected chi connectivity index (χ1v) is 9.46. The van der Waals surface area contributed by atoms with Crippen LogP contribution >= 0.6 is 15.9 Å². The Hall–Kier alpha value is -2.74. The highest BCUT2D eigenvalue weighted by Crippen LogP contribution is 2.37. The first-order valence-electron chi connectivity index (χ1n) is 8.67. The van der Waals surface area contributed by atoms with Crippen LogP contribution in [0.5, 0.6) is 17.2 Å². The molecular formula is C20H24BrN3O4. The second-order valence-corrected chi connectivity index (χ2v) is 6.72. The number of carbonyl (C=O) groups excluding carboxylic acids is 1. The maximum atomic E-state index is 12.4. The van der Waals surface area contributed by atoms with Crippen LogP contribution in [0, 0.1) is 0 Å². The first kappa shape index (κ1) is 21.6. The number of hydrogen-bond donors (Lipinski definition) is 2. The van der Waals surface area contributed by atoms with Crippen LogP contribution in [0.3, 0.4) is 0 Å². The quantitative estimate of drug-likeness (QED) is 0.449. The van der Waals surface area contributed by atoms with E-state index < -0.39 is 6.04 Å². The van der Waals surface area contributed by atoms with E-state index in [1.165, 1.54) is 13.3 Å². The minimum absolute atomic E-state index is 0.230. The summed E-state index contributed by atoms with van der Waals surface area (Å²) in [5.74, 6) is 1.29. The van der Waals surface area contributed by atoms with Gasteiger partial charge < -0.3 is 19.5 Å². The monoisotopic (exact) mass is 449 g/mol. The van der Waals surface area contributed by atoms with E-state index in [1.807, 2.05) is 31.2 Å². The van der Waals surface area contributed by atoms with Gasteiger partial charge in [-0.25, -0.2) is 5.43 Å². The number of rotatable bonds is 9. The average molecular weight is 450 g/mol. The Kier molecular flexibility index (Phi) is 8.13. The van der Waals surface area contributed by atoms with E-state index in [0.717, 1.165) is 10.2 Å². The summed E-state index contributed by atoms with van der Waals surface area (Å²) in [5, 5.41) is 7.25. The van der Waals surface area contributed by atoms with E-state index >= 15 is 0 Å². The number of amides is 1. The lowest BCUT2D eigenvalue weighted by molar-refractivity contribution is -0.121. The summed E-state index contributed by atoms with van der Waals surface area (Å²) in [6.07, 6.45) is 2.13. The summed E-state index contributed by atoms with van der Waals surface area (Å²) in [7, 11) is 4.62. The summed E-state index contributed by atoms with van der Waals surface area (Å²) >= 11 is 3.42. The summed E-state index contributed by atoms with van der Waals surface area (Å²) < 4.78 is 16.9. The molecule has 2 aromatic carbocycles. The molecule has 7 nitrogen and oxygen atoms in total. The molecule has 8 heteroatoms. The molecule has 0 aliphatic heterocycles. The number of carbonyl (C=O) groups is 1. The topological polar surface area (TPSA) is 81.2 Å². The fourth-order valence-electron chi connectivity index (χ4n) is 2.56. The number of benzene rings is 2. The average Bonchev–Trinajstić information content (AvgIpc) is 2.71. The Morgan fingerprint density at radius 1 is 1.14 bits per heavy atom. The largest absolute Gasteiger partial charge is 0.493 e. The molecule has 0 spiro atoms. The van der Waals surface area contributed by atoms with Gasteiger partial charge in [0.1, 0.15) is 6.04 Å². The van der Waals surface area contributed by atoms with Crippen molar-refractivity contribution < 1.29 is 19.0 Å². The number of hydrogen-bond acceptors (Lipinski definition) is 6. The summed E-state index contributed by atoms with van der Waals surface area (Å²) in [4.78, 5) is 12.4. The third-order valence-corrected chi connectivity index (χ3v) is 4.46. The summed E-state index contributed by atoms with van der Waals surface area (Å²) in [5.41, 5.74) is 4.11. The number of hydrazone groups is 1. The van der Waals surface area contributed by atoms with E-state index in [9.17, 15) is 4.79 Å². The Balaban J connectivity index is 2.07. The van der Waals surface area contributed by atoms with Crippen LogP contribution in [0.1, 0.15) is 18.9 Å². The number of nitrogens with zero attached hydrogens (tertiary/aromatic N) is 1. The van der Waals surface area contributed by atoms with Crippen LogP contribution in [0.4, 0.5) is 5.69 Å². The van der Waals surface area contributed by atoms with Crippen LogP contribution in [0.2, 0.25) is 0 Å². The zero-order valence-electron chi connectivity index (χ0n) is 16.3. The van der Waals surface area contributed by atoms with Gasteiger partial charge in [-0.3, -0.25) is 4.79 Å². The SMILES string of the molecule is CC[C@H](Nc1cccc(Br)c1)C(=O)NN=Cc1cc(OC)c(OC)c(OC)c1. The van der Waals surface area contributed by atoms with Gasteiger partial charge in [0, 0.05) is 15.7 Å². The Morgan fingerprint density at radius 2 is 1.82 bits per heavy atom. The highest BCUT2D eigenvalue weighted by molar-refractivity contribution is 9.10. The molecule has 0 fully saturated rings. The maximum Gasteiger partial charge on any atom is 0.262 e. The van der Waals surface area contributed by atoms with Crippen molar-refractivity contribution in [1.29, 1.82) is 0 Å². The first-order chi connectivity index (χ1) is 13.5. The molecule has 0 unspecified atom stereocenters. The van der Waals surface area contributed by atoms with Crippen molar-refractivity contribution in [3.63, 3.8) is 0 Å². The second-order valence-electron chi connectivity index (χ2n) is 5.81. The third-order valence-electron chi connectivity index (χ3n) is 3.97. The highest BCUT2D eigenvalue weighted by Gasteiger charge is 2.16. The molecule has 0 saturated heterocycles. The lowest BCUT2D eigenvalue weighted by atomic mass is 10.2. The van der Waals surface area contributed by atoms with Gasteiger partial charge >= 0.3 is 0 Å². The minimum Gasteiger partial charge on any atom is -0.493 e. The van der Waals surface area contributed by atoms with Crippen LogP contribution in [0.15, 0.2) is 46.0 Å². The van der Waals surface area contributed by atoms with Crippen LogP contribution in [-0.2, 0) is 4.79 Å². The Labute approximate surface area is 173 Å². The van der Waals surface area contributed by atoms with Gasteiger partial charge in [-0.05, 0) is 36.8 Å². The zero-order valence-corrected chi connectivity index (χ0v) is 17.9. The minimum atomic E-state index is -0.411. The van der Waals surface area contributed by atoms with E-state index in [0.29, 0.717) is 29.2 Å². The smallest absolute Gasteiger partial charge is 0.262 e. The lowest BCUT2D eigenvalue weighted by Gasteiger charge is -2.16. The summed E-state index contributed by atoms with van der Waals surface area (Å²) in [6, 6.07) is 10.7. The molecule has 0 bridgehead atoms. The second kappa shape index (κ2) is 10.6. The number of ether oxygens (including phenoxy) is 3. The molecular weight excluding hydrogens is 426 g/mol. The van der Waals surface area contributed by atoms with Crippen LogP contribution < -0.4 is 25.0 Å². The van der Waals surface area contributed by atoms with E-state index in [-0.39, 0.29) is 5.91 Å². The van der Waals surface area contributed by atoms with Gasteiger partial charge in [-0.1, -0.05) is 28.9 Å². The third kappa shape index (κ3) is 5.63. The number of nitrogens with one attached hydrogen (secondary N) is 2. The fourth-order valence-corrected chi connectivity index (χ4v) is 2.96. The predicted molar refractivity (Wildman–Crippen MR) is 114 cm³/mol. The van der Waals surface area contributed by atoms with Gasteiger partial charge in [-0.15, -0.1) is 0 Å². The van der Waals surface area contributed by atoms with Gasteiger partial charge in [0.25, 0.3) is 5.91 Å². The molecule has 0 aliphatic carbocycles. The molecule has 150 valence electrons. The van der Waals surface area contributed by atoms with Gasteiger partial charge in [-0.2, -0.15) is 5.10 Å². The highest BCUT2D eigenvalue weighted by atomic mass is 79.9. The normalized spacial score (nSPS) is 11.8. The maximum absolute atomic E-state index is 12.4. The molecule has 2 N–H and O–H groups in total. The van der Waals surface area contributed by atoms with Crippen molar-refractivity contribution in [2.45, 2.75) is 19.4 Å². The molecule has 0 heterocycles. The molecule has 0 radical (unpaired) electrons. The molecule has 0 saturated carbocycles. The van der Waals surface area contributed by atoms with Crippen molar-refractivity contribution in [2.24, 2.45) is 5.10 Å². The molecule has 0 aromatic heterocycles. The van der Waals surface area contributed by atoms with Crippen molar-refractivity contribution >= 4 is 33.7 Å². The Morgan fingerprint density at radius 3 is 2.36 bits per heavy atom. The molecule has 2 rings (SSSR count). The molecule has 28 heavy (non-hydrogen) atoms. The van der Waals surface area contributed by atoms with Crippen molar-refractivity contribution in [2.75, 3.05) is 26.6 Å². The van der Waals surface area contributed by atoms with Crippen molar-refractivity contribution in [3.05, 3.63) is 46.4 Å². The Bertz CT molecular complexity index is 817. The van der Waals surface area contributed by atoms with E-state index in [2.05, 4.69) is 31.8 Å². The van der Waals surface area contributed by atoms with Gasteiger partial charge in [0.05, 0.1) is 27.5 Å². The number of halogens is 1. The van der Waals surface area contributed by atoms with Crippen LogP contribution in [-0.4, -0.2) is 39.5 Å². The molecule has 0 aliphatic rings. The predicted octanol–water partition coefficient (Wildman–Crippen LogP) is 3.82. The van der Waals surface area contributed by atoms with Crippen molar-refractivity contribution in [3.8, 4) is 17.2 Å². The van der Waals surface area contributed by atoms with Crippen LogP contribution in [0.25, 0.3) is 0 Å². The van der Waals surface area contributed by atoms with E-state index in [4.69, 9.17) is 14.2 Å². The molecule has 1 atom stereocenters. The van der Waals surface area contributed by atoms with Gasteiger partial charge in [0.15, 0.2) is 11.5 Å². The number of methoxy groups -OCH3 is 3. The molecule has 2 aromatic rings. The molecule has 1 amide bonds. The fraction of sp³-hybridized carbons (Fsp3) is 0.300. The zero-order chi connectivity index (χ0) is 20.5. The standard InChI is InChI=1S/C20H24BrN3O4/c1-5-16(23-15-8-6-7-14(21)11-15)20(25)24-22-12-13-9-17(26-2)19(28-4)18(10-13)27-3/h6-12,16,23H,5H2,1-4H3,(H,24,25)/t16-/m0/s1.